The number of thioether (sulfide) groups is 1. The molecule has 0 aliphatic rings. The van der Waals surface area contributed by atoms with Gasteiger partial charge in [-0.15, -0.1) is 11.8 Å². The van der Waals surface area contributed by atoms with Gasteiger partial charge in [0.2, 0.25) is 0 Å². The van der Waals surface area contributed by atoms with Crippen LogP contribution in [0.2, 0.25) is 0 Å². The zero-order valence-electron chi connectivity index (χ0n) is 9.72. The molecule has 0 aliphatic carbocycles. The number of carbonyl (C=O) groups excluding carboxylic acids is 1. The predicted octanol–water partition coefficient (Wildman–Crippen LogP) is 2.75. The molecule has 1 rings (SSSR count). The molecule has 0 amide bonds. The molecule has 0 aliphatic heterocycles. The molecule has 1 aromatic carbocycles. The van der Waals surface area contributed by atoms with E-state index in [0.29, 0.717) is 12.2 Å². The fourth-order valence-electron chi connectivity index (χ4n) is 1.38. The summed E-state index contributed by atoms with van der Waals surface area (Å²) in [6.45, 7) is 3.62. The Morgan fingerprint density at radius 3 is 2.56 bits per heavy atom. The third-order valence-electron chi connectivity index (χ3n) is 2.60. The molecule has 1 aromatic rings. The minimum atomic E-state index is -0.558. The average molecular weight is 238 g/mol. The molecule has 0 heterocycles. The van der Waals surface area contributed by atoms with E-state index in [-0.39, 0.29) is 11.7 Å². The van der Waals surface area contributed by atoms with Crippen molar-refractivity contribution in [3.05, 3.63) is 30.3 Å². The lowest BCUT2D eigenvalue weighted by Crippen LogP contribution is -2.27. The maximum Gasteiger partial charge on any atom is 0.138 e. The van der Waals surface area contributed by atoms with Crippen LogP contribution in [-0.4, -0.2) is 22.7 Å². The lowest BCUT2D eigenvalue weighted by atomic mass is 9.99. The Morgan fingerprint density at radius 2 is 2.00 bits per heavy atom. The first-order valence-corrected chi connectivity index (χ1v) is 6.52. The highest BCUT2D eigenvalue weighted by atomic mass is 32.2. The molecule has 16 heavy (non-hydrogen) atoms. The average Bonchev–Trinajstić information content (AvgIpc) is 2.35. The molecule has 0 unspecified atom stereocenters. The Morgan fingerprint density at radius 1 is 1.38 bits per heavy atom. The quantitative estimate of drug-likeness (QED) is 0.774. The van der Waals surface area contributed by atoms with Gasteiger partial charge < -0.3 is 5.11 Å². The second-order valence-electron chi connectivity index (χ2n) is 3.80. The number of hydrogen-bond donors (Lipinski definition) is 1. The molecular formula is C13H18O2S. The summed E-state index contributed by atoms with van der Waals surface area (Å²) in [5.74, 6) is 0.430. The van der Waals surface area contributed by atoms with E-state index < -0.39 is 6.10 Å². The Kier molecular flexibility index (Phi) is 5.56. The summed E-state index contributed by atoms with van der Waals surface area (Å²) in [6, 6.07) is 9.90. The van der Waals surface area contributed by atoms with E-state index in [1.54, 1.807) is 18.7 Å². The van der Waals surface area contributed by atoms with Crippen molar-refractivity contribution in [3.63, 3.8) is 0 Å². The summed E-state index contributed by atoms with van der Waals surface area (Å²) in [7, 11) is 0. The maximum absolute atomic E-state index is 11.4. The van der Waals surface area contributed by atoms with Gasteiger partial charge in [-0.2, -0.15) is 0 Å². The van der Waals surface area contributed by atoms with E-state index in [1.165, 1.54) is 0 Å². The van der Waals surface area contributed by atoms with Crippen LogP contribution in [0.1, 0.15) is 20.3 Å². The standard InChI is InChI=1S/C13H18O2S/c1-3-12(14)10(2)13(15)9-16-11-7-5-4-6-8-11/h4-8,10,13,15H,3,9H2,1-2H3/t10-,13+/m0/s1. The summed E-state index contributed by atoms with van der Waals surface area (Å²) in [4.78, 5) is 12.5. The zero-order valence-corrected chi connectivity index (χ0v) is 10.5. The first-order chi connectivity index (χ1) is 7.65. The van der Waals surface area contributed by atoms with Gasteiger partial charge in [-0.1, -0.05) is 32.0 Å². The highest BCUT2D eigenvalue weighted by molar-refractivity contribution is 7.99. The monoisotopic (exact) mass is 238 g/mol. The molecule has 2 nitrogen and oxygen atoms in total. The Hall–Kier alpha value is -0.800. The van der Waals surface area contributed by atoms with Crippen LogP contribution in [-0.2, 0) is 4.79 Å². The van der Waals surface area contributed by atoms with Crippen molar-refractivity contribution >= 4 is 17.5 Å². The second kappa shape index (κ2) is 6.71. The van der Waals surface area contributed by atoms with Gasteiger partial charge >= 0.3 is 0 Å². The zero-order chi connectivity index (χ0) is 12.0. The summed E-state index contributed by atoms with van der Waals surface area (Å²) in [5, 5.41) is 9.84. The van der Waals surface area contributed by atoms with Gasteiger partial charge in [-0.05, 0) is 12.1 Å². The van der Waals surface area contributed by atoms with Gasteiger partial charge in [0.1, 0.15) is 5.78 Å². The molecule has 0 radical (unpaired) electrons. The first-order valence-electron chi connectivity index (χ1n) is 5.53. The van der Waals surface area contributed by atoms with Crippen molar-refractivity contribution in [2.24, 2.45) is 5.92 Å². The topological polar surface area (TPSA) is 37.3 Å². The molecule has 3 heteroatoms. The van der Waals surface area contributed by atoms with Gasteiger partial charge in [0.15, 0.2) is 0 Å². The van der Waals surface area contributed by atoms with Gasteiger partial charge in [0.25, 0.3) is 0 Å². The number of aliphatic hydroxyl groups excluding tert-OH is 1. The molecular weight excluding hydrogens is 220 g/mol. The lowest BCUT2D eigenvalue weighted by Gasteiger charge is -2.16. The number of benzene rings is 1. The van der Waals surface area contributed by atoms with Crippen molar-refractivity contribution in [3.8, 4) is 0 Å². The molecule has 0 fully saturated rings. The molecule has 88 valence electrons. The molecule has 0 saturated heterocycles. The molecule has 1 N–H and O–H groups in total. The van der Waals surface area contributed by atoms with Crippen molar-refractivity contribution < 1.29 is 9.90 Å². The lowest BCUT2D eigenvalue weighted by molar-refractivity contribution is -0.124. The van der Waals surface area contributed by atoms with E-state index in [0.717, 1.165) is 4.90 Å². The number of Topliss-reactive ketones (excluding diaryl/α,β-unsaturated/α-hetero) is 1. The number of hydrogen-bond acceptors (Lipinski definition) is 3. The fraction of sp³-hybridized carbons (Fsp3) is 0.462. The van der Waals surface area contributed by atoms with E-state index in [2.05, 4.69) is 0 Å². The van der Waals surface area contributed by atoms with Crippen LogP contribution in [0, 0.1) is 5.92 Å². The van der Waals surface area contributed by atoms with Gasteiger partial charge in [0, 0.05) is 23.0 Å². The highest BCUT2D eigenvalue weighted by Gasteiger charge is 2.20. The van der Waals surface area contributed by atoms with Gasteiger partial charge in [0.05, 0.1) is 6.10 Å². The largest absolute Gasteiger partial charge is 0.392 e. The molecule has 0 saturated carbocycles. The third kappa shape index (κ3) is 3.99. The van der Waals surface area contributed by atoms with E-state index in [9.17, 15) is 9.90 Å². The smallest absolute Gasteiger partial charge is 0.138 e. The number of ketones is 1. The van der Waals surface area contributed by atoms with Crippen molar-refractivity contribution in [1.29, 1.82) is 0 Å². The summed E-state index contributed by atoms with van der Waals surface area (Å²) >= 11 is 1.58. The first kappa shape index (κ1) is 13.3. The van der Waals surface area contributed by atoms with Crippen LogP contribution >= 0.6 is 11.8 Å². The predicted molar refractivity (Wildman–Crippen MR) is 67.6 cm³/mol. The molecule has 0 spiro atoms. The van der Waals surface area contributed by atoms with Crippen LogP contribution < -0.4 is 0 Å². The molecule has 0 aromatic heterocycles. The Labute approximate surface area is 101 Å². The van der Waals surface area contributed by atoms with E-state index >= 15 is 0 Å². The van der Waals surface area contributed by atoms with Crippen molar-refractivity contribution in [1.82, 2.24) is 0 Å². The summed E-state index contributed by atoms with van der Waals surface area (Å²) < 4.78 is 0. The minimum absolute atomic E-state index is 0.126. The maximum atomic E-state index is 11.4. The number of rotatable bonds is 6. The van der Waals surface area contributed by atoms with Crippen LogP contribution in [0.5, 0.6) is 0 Å². The third-order valence-corrected chi connectivity index (χ3v) is 3.71. The number of aliphatic hydroxyl groups is 1. The summed E-state index contributed by atoms with van der Waals surface area (Å²) in [6.07, 6.45) is -0.0634. The van der Waals surface area contributed by atoms with Gasteiger partial charge in [-0.3, -0.25) is 4.79 Å². The minimum Gasteiger partial charge on any atom is -0.392 e. The van der Waals surface area contributed by atoms with Crippen LogP contribution in [0.15, 0.2) is 35.2 Å². The second-order valence-corrected chi connectivity index (χ2v) is 4.89. The van der Waals surface area contributed by atoms with E-state index in [1.807, 2.05) is 37.3 Å². The summed E-state index contributed by atoms with van der Waals surface area (Å²) in [5.41, 5.74) is 0. The normalized spacial score (nSPS) is 14.4. The molecule has 0 bridgehead atoms. The van der Waals surface area contributed by atoms with Crippen molar-refractivity contribution in [2.75, 3.05) is 5.75 Å². The Bertz CT molecular complexity index is 324. The Balaban J connectivity index is 2.41. The molecule has 2 atom stereocenters. The van der Waals surface area contributed by atoms with E-state index in [4.69, 9.17) is 0 Å². The highest BCUT2D eigenvalue weighted by Crippen LogP contribution is 2.20. The fourth-order valence-corrected chi connectivity index (χ4v) is 2.38. The number of carbonyl (C=O) groups is 1. The van der Waals surface area contributed by atoms with Crippen LogP contribution in [0.4, 0.5) is 0 Å². The van der Waals surface area contributed by atoms with Crippen LogP contribution in [0.3, 0.4) is 0 Å². The van der Waals surface area contributed by atoms with Crippen LogP contribution in [0.25, 0.3) is 0 Å². The van der Waals surface area contributed by atoms with Gasteiger partial charge in [-0.25, -0.2) is 0 Å². The van der Waals surface area contributed by atoms with Crippen molar-refractivity contribution in [2.45, 2.75) is 31.3 Å². The SMILES string of the molecule is CCC(=O)[C@H](C)[C@H](O)CSc1ccccc1.